The van der Waals surface area contributed by atoms with Gasteiger partial charge in [-0.15, -0.1) is 0 Å². The van der Waals surface area contributed by atoms with Crippen LogP contribution in [0.1, 0.15) is 5.56 Å². The summed E-state index contributed by atoms with van der Waals surface area (Å²) in [5.41, 5.74) is 1.05. The first-order valence-electron chi connectivity index (χ1n) is 3.23. The molecule has 0 aliphatic heterocycles. The van der Waals surface area contributed by atoms with E-state index in [1.54, 1.807) is 24.3 Å². The Balaban J connectivity index is 2.86. The zero-order chi connectivity index (χ0) is 8.97. The van der Waals surface area contributed by atoms with Gasteiger partial charge in [-0.3, -0.25) is 0 Å². The van der Waals surface area contributed by atoms with Gasteiger partial charge in [0.05, 0.1) is 11.6 Å². The molecule has 0 aliphatic rings. The van der Waals surface area contributed by atoms with Crippen molar-refractivity contribution < 1.29 is 9.23 Å². The van der Waals surface area contributed by atoms with Crippen molar-refractivity contribution in [1.82, 2.24) is 0 Å². The lowest BCUT2D eigenvalue weighted by Crippen LogP contribution is -2.30. The van der Waals surface area contributed by atoms with Crippen molar-refractivity contribution in [1.29, 1.82) is 5.26 Å². The number of nitrogens with zero attached hydrogens (tertiary/aromatic N) is 1. The Hall–Kier alpha value is -1.02. The molecule has 1 aromatic rings. The largest absolute Gasteiger partial charge is 0.508 e. The second-order valence-corrected chi connectivity index (χ2v) is 2.35. The molecule has 12 heavy (non-hydrogen) atoms. The van der Waals surface area contributed by atoms with E-state index in [0.29, 0.717) is 11.0 Å². The molecule has 0 radical (unpaired) electrons. The maximum absolute atomic E-state index is 9.06. The van der Waals surface area contributed by atoms with Crippen molar-refractivity contribution >= 4 is 24.4 Å². The van der Waals surface area contributed by atoms with E-state index in [0.717, 1.165) is 0 Å². The molecule has 0 saturated heterocycles. The first-order chi connectivity index (χ1) is 5.77. The first kappa shape index (κ1) is 9.08. The van der Waals surface area contributed by atoms with Gasteiger partial charge in [-0.05, 0) is 17.6 Å². The Morgan fingerprint density at radius 1 is 1.42 bits per heavy atom. The average molecular weight is 181 g/mol. The highest BCUT2D eigenvalue weighted by Crippen LogP contribution is 1.95. The van der Waals surface area contributed by atoms with Gasteiger partial charge in [0.25, 0.3) is 0 Å². The highest BCUT2D eigenvalue weighted by molar-refractivity contribution is 6.63. The monoisotopic (exact) mass is 181 g/mol. The zero-order valence-corrected chi connectivity index (χ0v) is 6.82. The smallest absolute Gasteiger partial charge is 0.422 e. The predicted molar refractivity (Wildman–Crippen MR) is 45.7 cm³/mol. The van der Waals surface area contributed by atoms with Crippen LogP contribution in [-0.4, -0.2) is 12.1 Å². The number of halogens is 1. The maximum Gasteiger partial charge on any atom is 0.508 e. The van der Waals surface area contributed by atoms with Crippen molar-refractivity contribution in [2.75, 3.05) is 0 Å². The molecule has 0 atom stereocenters. The van der Waals surface area contributed by atoms with Crippen molar-refractivity contribution in [3.05, 3.63) is 29.8 Å². The van der Waals surface area contributed by atoms with Crippen molar-refractivity contribution in [2.24, 2.45) is 0 Å². The van der Waals surface area contributed by atoms with Crippen LogP contribution >= 0.6 is 11.9 Å². The van der Waals surface area contributed by atoms with Crippen LogP contribution in [0.25, 0.3) is 0 Å². The van der Waals surface area contributed by atoms with Gasteiger partial charge in [0.2, 0.25) is 0 Å². The molecule has 0 spiro atoms. The summed E-state index contributed by atoms with van der Waals surface area (Å²) in [5.74, 6) is 0. The standard InChI is InChI=1S/C7H5BClNO2/c9-12-8(11)7-3-1-6(5-10)2-4-7/h1-4,11H. The molecular weight excluding hydrogens is 176 g/mol. The Morgan fingerprint density at radius 2 is 2.00 bits per heavy atom. The van der Waals surface area contributed by atoms with Crippen LogP contribution in [0.3, 0.4) is 0 Å². The molecule has 0 aromatic heterocycles. The van der Waals surface area contributed by atoms with Crippen LogP contribution in [0.5, 0.6) is 0 Å². The summed E-state index contributed by atoms with van der Waals surface area (Å²) in [5, 5.41) is 17.5. The Labute approximate surface area is 75.5 Å². The molecule has 3 nitrogen and oxygen atoms in total. The summed E-state index contributed by atoms with van der Waals surface area (Å²) in [6.45, 7) is 0. The number of hydrogen-bond donors (Lipinski definition) is 1. The first-order valence-corrected chi connectivity index (χ1v) is 3.54. The minimum atomic E-state index is -1.14. The van der Waals surface area contributed by atoms with Crippen LogP contribution in [0, 0.1) is 11.3 Å². The van der Waals surface area contributed by atoms with E-state index in [1.807, 2.05) is 6.07 Å². The normalized spacial score (nSPS) is 9.08. The van der Waals surface area contributed by atoms with Crippen LogP contribution in [-0.2, 0) is 4.21 Å². The molecule has 1 rings (SSSR count). The van der Waals surface area contributed by atoms with E-state index in [9.17, 15) is 0 Å². The molecule has 0 bridgehead atoms. The summed E-state index contributed by atoms with van der Waals surface area (Å²) in [6, 6.07) is 8.26. The van der Waals surface area contributed by atoms with Gasteiger partial charge in [-0.25, -0.2) is 0 Å². The van der Waals surface area contributed by atoms with E-state index in [4.69, 9.17) is 22.2 Å². The van der Waals surface area contributed by atoms with E-state index >= 15 is 0 Å². The summed E-state index contributed by atoms with van der Waals surface area (Å²) < 4.78 is 4.15. The fourth-order valence-electron chi connectivity index (χ4n) is 0.774. The van der Waals surface area contributed by atoms with Gasteiger partial charge in [-0.2, -0.15) is 5.26 Å². The lowest BCUT2D eigenvalue weighted by Gasteiger charge is -1.99. The number of nitriles is 1. The van der Waals surface area contributed by atoms with Crippen LogP contribution in [0.2, 0.25) is 0 Å². The van der Waals surface area contributed by atoms with Crippen molar-refractivity contribution in [2.45, 2.75) is 0 Å². The molecule has 5 heteroatoms. The molecule has 1 N–H and O–H groups in total. The molecule has 0 aliphatic carbocycles. The number of hydrogen-bond acceptors (Lipinski definition) is 3. The predicted octanol–water partition coefficient (Wildman–Crippen LogP) is 0.416. The summed E-state index contributed by atoms with van der Waals surface area (Å²) in [4.78, 5) is 0. The SMILES string of the molecule is N#Cc1ccc(B(O)OCl)cc1. The molecule has 0 unspecified atom stereocenters. The van der Waals surface area contributed by atoms with Crippen LogP contribution in [0.4, 0.5) is 0 Å². The minimum absolute atomic E-state index is 0.518. The molecule has 0 amide bonds. The third-order valence-electron chi connectivity index (χ3n) is 1.41. The second-order valence-electron chi connectivity index (χ2n) is 2.18. The highest BCUT2D eigenvalue weighted by Gasteiger charge is 2.14. The number of rotatable bonds is 2. The molecule has 0 saturated carbocycles. The van der Waals surface area contributed by atoms with Crippen LogP contribution < -0.4 is 5.46 Å². The molecule has 60 valence electrons. The Kier molecular flexibility index (Phi) is 3.12. The van der Waals surface area contributed by atoms with Gasteiger partial charge < -0.3 is 9.23 Å². The topological polar surface area (TPSA) is 53.2 Å². The summed E-state index contributed by atoms with van der Waals surface area (Å²) >= 11 is 4.95. The maximum atomic E-state index is 9.06. The highest BCUT2D eigenvalue weighted by atomic mass is 35.5. The summed E-state index contributed by atoms with van der Waals surface area (Å²) in [6.07, 6.45) is 0. The lowest BCUT2D eigenvalue weighted by molar-refractivity contribution is 0.457. The van der Waals surface area contributed by atoms with E-state index in [-0.39, 0.29) is 0 Å². The van der Waals surface area contributed by atoms with Crippen molar-refractivity contribution in [3.8, 4) is 6.07 Å². The fraction of sp³-hybridized carbons (Fsp3) is 0. The van der Waals surface area contributed by atoms with E-state index < -0.39 is 7.12 Å². The van der Waals surface area contributed by atoms with Gasteiger partial charge in [-0.1, -0.05) is 12.1 Å². The molecule has 0 heterocycles. The van der Waals surface area contributed by atoms with Crippen LogP contribution in [0.15, 0.2) is 24.3 Å². The minimum Gasteiger partial charge on any atom is -0.422 e. The quantitative estimate of drug-likeness (QED) is 0.673. The molecule has 0 fully saturated rings. The van der Waals surface area contributed by atoms with Gasteiger partial charge in [0, 0.05) is 11.9 Å². The van der Waals surface area contributed by atoms with E-state index in [2.05, 4.69) is 4.21 Å². The zero-order valence-electron chi connectivity index (χ0n) is 6.07. The third-order valence-corrected chi connectivity index (χ3v) is 1.58. The van der Waals surface area contributed by atoms with Gasteiger partial charge in [0.15, 0.2) is 0 Å². The van der Waals surface area contributed by atoms with Crippen molar-refractivity contribution in [3.63, 3.8) is 0 Å². The third kappa shape index (κ3) is 1.99. The van der Waals surface area contributed by atoms with E-state index in [1.165, 1.54) is 0 Å². The number of benzene rings is 1. The average Bonchev–Trinajstić information content (AvgIpc) is 2.17. The second kappa shape index (κ2) is 4.12. The summed E-state index contributed by atoms with van der Waals surface area (Å²) in [7, 11) is -1.14. The molecule has 1 aromatic carbocycles. The lowest BCUT2D eigenvalue weighted by atomic mass is 9.80. The fourth-order valence-corrected chi connectivity index (χ4v) is 0.877. The Morgan fingerprint density at radius 3 is 2.42 bits per heavy atom. The van der Waals surface area contributed by atoms with Gasteiger partial charge in [0.1, 0.15) is 0 Å². The Bertz CT molecular complexity index is 295. The van der Waals surface area contributed by atoms with Gasteiger partial charge >= 0.3 is 7.12 Å². The molecular formula is C7H5BClNO2.